The second-order valence-electron chi connectivity index (χ2n) is 12.5. The van der Waals surface area contributed by atoms with Gasteiger partial charge in [0.1, 0.15) is 42.2 Å². The zero-order valence-electron chi connectivity index (χ0n) is 29.5. The van der Waals surface area contributed by atoms with Crippen LogP contribution in [0.5, 0.6) is 17.2 Å². The summed E-state index contributed by atoms with van der Waals surface area (Å²) in [6, 6.07) is 9.99. The fourth-order valence-electron chi connectivity index (χ4n) is 5.84. The van der Waals surface area contributed by atoms with E-state index in [1.807, 2.05) is 0 Å². The molecule has 4 rings (SSSR count). The lowest BCUT2D eigenvalue weighted by Gasteiger charge is -2.39. The van der Waals surface area contributed by atoms with Gasteiger partial charge in [0.15, 0.2) is 23.4 Å². The molecule has 290 valence electrons. The van der Waals surface area contributed by atoms with Crippen LogP contribution in [0.4, 0.5) is 0 Å². The largest absolute Gasteiger partial charge is 0.493 e. The zero-order chi connectivity index (χ0) is 38.5. The molecule has 53 heavy (non-hydrogen) atoms. The van der Waals surface area contributed by atoms with Gasteiger partial charge in [-0.05, 0) is 67.2 Å². The number of guanidine groups is 2. The number of amides is 2. The van der Waals surface area contributed by atoms with Crippen LogP contribution in [0.3, 0.4) is 0 Å². The second-order valence-corrected chi connectivity index (χ2v) is 12.5. The predicted octanol–water partition coefficient (Wildman–Crippen LogP) is -1.56. The van der Waals surface area contributed by atoms with Crippen molar-refractivity contribution in [2.75, 3.05) is 39.9 Å². The van der Waals surface area contributed by atoms with E-state index in [0.717, 1.165) is 0 Å². The summed E-state index contributed by atoms with van der Waals surface area (Å²) in [4.78, 5) is 34.3. The summed E-state index contributed by atoms with van der Waals surface area (Å²) in [5.41, 5.74) is 23.2. The van der Waals surface area contributed by atoms with Crippen molar-refractivity contribution in [3.63, 3.8) is 0 Å². The van der Waals surface area contributed by atoms with E-state index in [9.17, 15) is 30.0 Å². The lowest BCUT2D eigenvalue weighted by atomic mass is 9.89. The third-order valence-electron chi connectivity index (χ3n) is 8.58. The van der Waals surface area contributed by atoms with E-state index >= 15 is 0 Å². The van der Waals surface area contributed by atoms with Crippen molar-refractivity contribution in [3.05, 3.63) is 59.2 Å². The van der Waals surface area contributed by atoms with E-state index in [0.29, 0.717) is 80.1 Å². The molecule has 2 aromatic carbocycles. The third kappa shape index (κ3) is 11.2. The van der Waals surface area contributed by atoms with Crippen molar-refractivity contribution >= 4 is 29.8 Å². The average Bonchev–Trinajstić information content (AvgIpc) is 3.53. The first kappa shape index (κ1) is 40.6. The minimum absolute atomic E-state index is 0.00278. The first-order chi connectivity index (χ1) is 25.4. The Hall–Kier alpha value is -5.14. The molecule has 0 spiro atoms. The molecular formula is C35H50N8O10. The first-order valence-electron chi connectivity index (χ1n) is 17.2. The molecule has 0 bridgehead atoms. The van der Waals surface area contributed by atoms with Crippen LogP contribution in [0.15, 0.2) is 52.5 Å². The highest BCUT2D eigenvalue weighted by Gasteiger charge is 2.45. The fourth-order valence-corrected chi connectivity index (χ4v) is 5.84. The molecule has 2 aliphatic heterocycles. The van der Waals surface area contributed by atoms with Crippen LogP contribution in [-0.2, 0) is 14.3 Å². The number of nitrogens with zero attached hydrogens (tertiary/aromatic N) is 2. The number of hydrogen-bond donors (Lipinski definition) is 10. The van der Waals surface area contributed by atoms with Crippen molar-refractivity contribution in [2.24, 2.45) is 32.9 Å². The highest BCUT2D eigenvalue weighted by atomic mass is 16.7. The zero-order valence-corrected chi connectivity index (χ0v) is 29.5. The molecule has 0 unspecified atom stereocenters. The third-order valence-corrected chi connectivity index (χ3v) is 8.58. The highest BCUT2D eigenvalue weighted by molar-refractivity contribution is 5.92. The van der Waals surface area contributed by atoms with Crippen molar-refractivity contribution in [1.29, 1.82) is 0 Å². The normalized spacial score (nSPS) is 23.4. The number of aliphatic imine (C=N–C) groups is 2. The Kier molecular flexibility index (Phi) is 15.0. The van der Waals surface area contributed by atoms with Crippen LogP contribution in [0.25, 0.3) is 6.08 Å². The van der Waals surface area contributed by atoms with E-state index in [-0.39, 0.29) is 29.5 Å². The molecular weight excluding hydrogens is 692 g/mol. The lowest BCUT2D eigenvalue weighted by molar-refractivity contribution is -0.277. The van der Waals surface area contributed by atoms with Crippen LogP contribution < -0.4 is 47.8 Å². The lowest BCUT2D eigenvalue weighted by Crippen LogP contribution is -2.60. The molecule has 14 N–H and O–H groups in total. The summed E-state index contributed by atoms with van der Waals surface area (Å²) < 4.78 is 23.3. The summed E-state index contributed by atoms with van der Waals surface area (Å²) >= 11 is 0. The number of rotatable bonds is 18. The van der Waals surface area contributed by atoms with E-state index in [2.05, 4.69) is 20.6 Å². The van der Waals surface area contributed by atoms with Crippen molar-refractivity contribution < 1.29 is 49.0 Å². The Labute approximate surface area is 306 Å². The maximum atomic E-state index is 13.9. The van der Waals surface area contributed by atoms with Gasteiger partial charge in [-0.3, -0.25) is 19.6 Å². The number of nitrogens with one attached hydrogen (secondary N) is 2. The number of benzene rings is 2. The summed E-state index contributed by atoms with van der Waals surface area (Å²) in [7, 11) is 1.48. The number of unbranched alkanes of at least 4 members (excludes halogenated alkanes) is 2. The van der Waals surface area contributed by atoms with Crippen LogP contribution in [0, 0.1) is 0 Å². The summed E-state index contributed by atoms with van der Waals surface area (Å²) in [5.74, 6) is -0.446. The molecule has 18 nitrogen and oxygen atoms in total. The Morgan fingerprint density at radius 3 is 2.13 bits per heavy atom. The molecule has 2 amide bonds. The maximum absolute atomic E-state index is 13.9. The minimum atomic E-state index is -1.60. The summed E-state index contributed by atoms with van der Waals surface area (Å²) in [6.45, 7) is 1.09. The van der Waals surface area contributed by atoms with Crippen molar-refractivity contribution in [2.45, 2.75) is 68.4 Å². The molecule has 0 aromatic heterocycles. The Morgan fingerprint density at radius 2 is 1.53 bits per heavy atom. The molecule has 7 atom stereocenters. The van der Waals surface area contributed by atoms with E-state index < -0.39 is 49.3 Å². The van der Waals surface area contributed by atoms with Gasteiger partial charge in [-0.2, -0.15) is 0 Å². The van der Waals surface area contributed by atoms with Crippen molar-refractivity contribution in [3.8, 4) is 17.2 Å². The summed E-state index contributed by atoms with van der Waals surface area (Å²) in [6.07, 6.45) is -2.34. The Bertz CT molecular complexity index is 1610. The molecule has 2 aliphatic rings. The predicted molar refractivity (Wildman–Crippen MR) is 195 cm³/mol. The fraction of sp³-hybridized carbons (Fsp3) is 0.486. The standard InChI is InChI=1S/C35H50N8O10/c1-50-23-17-19(6-11-25(45)40-12-2-4-14-42-34(36)37)16-22-26(32(49)41-13-3-5-15-43-35(38)39)30(53-31(22)23)20-7-9-21(10-8-20)51-33-29(48)28(47)27(46)24(18-44)52-33/h6-11,16-17,24,26-30,33,44,46-48H,2-5,12-15,18H2,1H3,(H,40,45)(H,41,49)(H4,36,37,42)(H4,38,39,43)/b11-6+/t24-,26-,27-,28+,29-,30-,33-/m1/s1. The molecule has 18 heteroatoms. The maximum Gasteiger partial charge on any atom is 0.243 e. The number of ether oxygens (including phenoxy) is 4. The molecule has 2 aromatic rings. The Balaban J connectivity index is 1.53. The number of carbonyl (C=O) groups is 2. The van der Waals surface area contributed by atoms with Gasteiger partial charge in [0.25, 0.3) is 0 Å². The van der Waals surface area contributed by atoms with E-state index in [1.54, 1.807) is 42.5 Å². The van der Waals surface area contributed by atoms with Gasteiger partial charge in [0.2, 0.25) is 18.1 Å². The van der Waals surface area contributed by atoms with Gasteiger partial charge < -0.3 is 72.9 Å². The number of aliphatic hydroxyl groups is 4. The molecule has 0 radical (unpaired) electrons. The summed E-state index contributed by atoms with van der Waals surface area (Å²) in [5, 5.41) is 45.9. The van der Waals surface area contributed by atoms with Gasteiger partial charge in [0, 0.05) is 37.8 Å². The molecule has 1 fully saturated rings. The second kappa shape index (κ2) is 19.6. The van der Waals surface area contributed by atoms with Gasteiger partial charge in [-0.25, -0.2) is 0 Å². The van der Waals surface area contributed by atoms with Crippen LogP contribution in [-0.4, -0.2) is 115 Å². The quantitative estimate of drug-likeness (QED) is 0.0358. The molecule has 0 saturated carbocycles. The van der Waals surface area contributed by atoms with Gasteiger partial charge >= 0.3 is 0 Å². The Morgan fingerprint density at radius 1 is 0.887 bits per heavy atom. The molecule has 2 heterocycles. The number of fused-ring (bicyclic) bond motifs is 1. The number of carbonyl (C=O) groups excluding carboxylic acids is 2. The average molecular weight is 743 g/mol. The minimum Gasteiger partial charge on any atom is -0.493 e. The number of methoxy groups -OCH3 is 1. The van der Waals surface area contributed by atoms with Gasteiger partial charge in [-0.15, -0.1) is 0 Å². The van der Waals surface area contributed by atoms with Crippen LogP contribution in [0.2, 0.25) is 0 Å². The van der Waals surface area contributed by atoms with E-state index in [1.165, 1.54) is 13.2 Å². The SMILES string of the molecule is COc1cc(/C=C/C(=O)NCCCCN=C(N)N)cc2c1O[C@H](c1ccc(O[C@@H]3O[C@H](CO)[C@@H](O)[C@H](O)[C@H]3O)cc1)[C@@H]2C(=O)NCCCCN=C(N)N. The number of hydrogen-bond acceptors (Lipinski definition) is 12. The monoisotopic (exact) mass is 742 g/mol. The molecule has 1 saturated heterocycles. The number of nitrogens with two attached hydrogens (primary N) is 4. The molecule has 0 aliphatic carbocycles. The van der Waals surface area contributed by atoms with Crippen LogP contribution in [0.1, 0.15) is 54.4 Å². The smallest absolute Gasteiger partial charge is 0.243 e. The van der Waals surface area contributed by atoms with Gasteiger partial charge in [0.05, 0.1) is 13.7 Å². The van der Waals surface area contributed by atoms with E-state index in [4.69, 9.17) is 41.9 Å². The topological polar surface area (TPSA) is 305 Å². The van der Waals surface area contributed by atoms with Crippen LogP contribution >= 0.6 is 0 Å². The first-order valence-corrected chi connectivity index (χ1v) is 17.2. The number of aliphatic hydroxyl groups excluding tert-OH is 4. The highest BCUT2D eigenvalue weighted by Crippen LogP contribution is 2.51. The van der Waals surface area contributed by atoms with Gasteiger partial charge in [-0.1, -0.05) is 12.1 Å². The van der Waals surface area contributed by atoms with Crippen molar-refractivity contribution in [1.82, 2.24) is 10.6 Å².